The Balaban J connectivity index is 0.000000452. The Morgan fingerprint density at radius 2 is 1.45 bits per heavy atom. The lowest BCUT2D eigenvalue weighted by Gasteiger charge is -2.32. The normalized spacial score (nSPS) is 13.7. The number of rotatable bonds is 8. The van der Waals surface area contributed by atoms with Crippen molar-refractivity contribution in [1.29, 1.82) is 0 Å². The number of aliphatic imine (C=N–C) groups is 1. The number of aromatic carboxylic acids is 1. The largest absolute Gasteiger partial charge is 0.494 e. The number of piperazine rings is 1. The number of ether oxygens (including phenoxy) is 1. The molecule has 1 fully saturated rings. The average molecular weight is 662 g/mol. The second-order valence-corrected chi connectivity index (χ2v) is 11.6. The van der Waals surface area contributed by atoms with Gasteiger partial charge in [0.05, 0.1) is 41.7 Å². The molecular weight excluding hydrogens is 622 g/mol. The van der Waals surface area contributed by atoms with Crippen LogP contribution in [0.2, 0.25) is 0 Å². The number of H-pyrrole nitrogens is 1. The number of aromatic amines is 1. The molecule has 0 saturated carbocycles. The monoisotopic (exact) mass is 661 g/mol. The van der Waals surface area contributed by atoms with Crippen LogP contribution in [0.1, 0.15) is 31.8 Å². The Morgan fingerprint density at radius 3 is 2.02 bits per heavy atom. The zero-order valence-corrected chi connectivity index (χ0v) is 27.7. The fraction of sp³-hybridized carbons (Fsp3) is 0.211. The van der Waals surface area contributed by atoms with Crippen LogP contribution in [0.4, 0.5) is 11.4 Å². The minimum atomic E-state index is -0.879. The summed E-state index contributed by atoms with van der Waals surface area (Å²) in [6.07, 6.45) is 0. The number of anilines is 1. The fourth-order valence-electron chi connectivity index (χ4n) is 5.44. The Morgan fingerprint density at radius 1 is 0.837 bits per heavy atom. The van der Waals surface area contributed by atoms with Crippen LogP contribution in [0.3, 0.4) is 0 Å². The first-order valence-corrected chi connectivity index (χ1v) is 15.8. The molecule has 0 bridgehead atoms. The van der Waals surface area contributed by atoms with Gasteiger partial charge < -0.3 is 29.7 Å². The molecule has 252 valence electrons. The van der Waals surface area contributed by atoms with Crippen molar-refractivity contribution in [2.75, 3.05) is 58.8 Å². The van der Waals surface area contributed by atoms with Gasteiger partial charge in [-0.25, -0.2) is 14.6 Å². The molecule has 4 aromatic carbocycles. The number of methoxy groups -OCH3 is 1. The predicted molar refractivity (Wildman–Crippen MR) is 190 cm³/mol. The Bertz CT molecular complexity index is 1930. The number of esters is 1. The molecule has 0 radical (unpaired) electrons. The van der Waals surface area contributed by atoms with E-state index in [0.29, 0.717) is 40.2 Å². The average Bonchev–Trinajstić information content (AvgIpc) is 3.46. The molecule has 2 heterocycles. The molecule has 11 heteroatoms. The molecule has 0 spiro atoms. The molecule has 0 unspecified atom stereocenters. The molecule has 1 amide bonds. The highest BCUT2D eigenvalue weighted by Crippen LogP contribution is 2.32. The molecule has 49 heavy (non-hydrogen) atoms. The molecule has 5 aromatic rings. The lowest BCUT2D eigenvalue weighted by atomic mass is 10.00. The van der Waals surface area contributed by atoms with Gasteiger partial charge in [-0.2, -0.15) is 0 Å². The Labute approximate surface area is 284 Å². The predicted octanol–water partition coefficient (Wildman–Crippen LogP) is 5.42. The molecule has 1 aromatic heterocycles. The number of likely N-dealkylation sites (N-methyl/N-ethyl adjacent to an activating group) is 2. The summed E-state index contributed by atoms with van der Waals surface area (Å²) in [5.74, 6) is -1.34. The van der Waals surface area contributed by atoms with Gasteiger partial charge in [-0.3, -0.25) is 9.69 Å². The first kappa shape index (κ1) is 34.6. The van der Waals surface area contributed by atoms with Crippen molar-refractivity contribution >= 4 is 45.8 Å². The minimum Gasteiger partial charge on any atom is -0.494 e. The zero-order chi connectivity index (χ0) is 34.9. The summed E-state index contributed by atoms with van der Waals surface area (Å²) >= 11 is 0. The number of carboxylic acids is 1. The Kier molecular flexibility index (Phi) is 11.2. The summed E-state index contributed by atoms with van der Waals surface area (Å²) in [7, 11) is 5.22. The van der Waals surface area contributed by atoms with Gasteiger partial charge in [-0.1, -0.05) is 54.6 Å². The van der Waals surface area contributed by atoms with E-state index in [1.165, 1.54) is 7.11 Å². The highest BCUT2D eigenvalue weighted by Gasteiger charge is 2.21. The molecule has 0 aliphatic carbocycles. The van der Waals surface area contributed by atoms with Gasteiger partial charge in [0.2, 0.25) is 5.91 Å². The number of benzene rings is 4. The van der Waals surface area contributed by atoms with Crippen LogP contribution in [0.15, 0.2) is 108 Å². The van der Waals surface area contributed by atoms with Crippen LogP contribution >= 0.6 is 0 Å². The quantitative estimate of drug-likeness (QED) is 0.148. The zero-order valence-electron chi connectivity index (χ0n) is 27.7. The van der Waals surface area contributed by atoms with Crippen molar-refractivity contribution in [3.63, 3.8) is 0 Å². The second-order valence-electron chi connectivity index (χ2n) is 11.6. The van der Waals surface area contributed by atoms with Gasteiger partial charge in [0.1, 0.15) is 0 Å². The molecule has 11 nitrogen and oxygen atoms in total. The van der Waals surface area contributed by atoms with Crippen LogP contribution in [-0.4, -0.2) is 102 Å². The summed E-state index contributed by atoms with van der Waals surface area (Å²) in [6, 6.07) is 30.5. The SMILES string of the molecule is COC(=O)c1ccc2c(C(=Nc3ccc(N(C)C(=O)CN4CCN(C)CC4)cc3)c3ccccc3)c(O)[nH]c2c1.O=C(O)c1ccccc1. The van der Waals surface area contributed by atoms with Gasteiger partial charge in [0.15, 0.2) is 5.88 Å². The number of carbonyl (C=O) groups excluding carboxylic acids is 2. The van der Waals surface area contributed by atoms with Crippen molar-refractivity contribution in [3.05, 3.63) is 125 Å². The topological polar surface area (TPSA) is 139 Å². The standard InChI is InChI=1S/C31H33N5O4.C7H6O2/c1-34-15-17-36(18-16-34)20-27(37)35(2)24-12-10-23(11-13-24)32-29(21-7-5-4-6-8-21)28-25-14-9-22(31(39)40-3)19-26(25)33-30(28)38;8-7(9)6-4-2-1-3-5-6/h4-14,19,33,38H,15-18,20H2,1-3H3;1-5H,(H,8,9). The van der Waals surface area contributed by atoms with Gasteiger partial charge in [-0.05, 0) is 55.6 Å². The highest BCUT2D eigenvalue weighted by molar-refractivity contribution is 6.22. The van der Waals surface area contributed by atoms with E-state index in [4.69, 9.17) is 14.8 Å². The van der Waals surface area contributed by atoms with E-state index in [9.17, 15) is 19.5 Å². The van der Waals surface area contributed by atoms with Crippen LogP contribution in [0.5, 0.6) is 5.88 Å². The van der Waals surface area contributed by atoms with Crippen LogP contribution in [-0.2, 0) is 9.53 Å². The molecule has 1 aliphatic heterocycles. The van der Waals surface area contributed by atoms with E-state index in [2.05, 4.69) is 21.8 Å². The number of aromatic nitrogens is 1. The lowest BCUT2D eigenvalue weighted by molar-refractivity contribution is -0.119. The van der Waals surface area contributed by atoms with Crippen LogP contribution < -0.4 is 4.90 Å². The van der Waals surface area contributed by atoms with E-state index >= 15 is 0 Å². The molecule has 6 rings (SSSR count). The number of hydrogen-bond acceptors (Lipinski definition) is 8. The number of aromatic hydroxyl groups is 1. The van der Waals surface area contributed by atoms with Crippen LogP contribution in [0.25, 0.3) is 10.9 Å². The maximum Gasteiger partial charge on any atom is 0.337 e. The summed E-state index contributed by atoms with van der Waals surface area (Å²) in [6.45, 7) is 4.09. The number of hydrogen-bond donors (Lipinski definition) is 3. The number of nitrogens with one attached hydrogen (secondary N) is 1. The van der Waals surface area contributed by atoms with E-state index in [1.807, 2.05) is 54.6 Å². The molecule has 3 N–H and O–H groups in total. The van der Waals surface area contributed by atoms with Gasteiger partial charge in [-0.15, -0.1) is 0 Å². The maximum absolute atomic E-state index is 12.9. The number of fused-ring (bicyclic) bond motifs is 1. The third-order valence-corrected chi connectivity index (χ3v) is 8.31. The summed E-state index contributed by atoms with van der Waals surface area (Å²) < 4.78 is 4.83. The third-order valence-electron chi connectivity index (χ3n) is 8.31. The number of carboxylic acid groups (broad SMARTS) is 1. The Hall–Kier alpha value is -5.78. The van der Waals surface area contributed by atoms with Crippen molar-refractivity contribution in [2.45, 2.75) is 0 Å². The summed E-state index contributed by atoms with van der Waals surface area (Å²) in [5, 5.41) is 20.1. The fourth-order valence-corrected chi connectivity index (χ4v) is 5.44. The van der Waals surface area contributed by atoms with Crippen LogP contribution in [0, 0.1) is 0 Å². The molecule has 0 atom stereocenters. The van der Waals surface area contributed by atoms with E-state index in [-0.39, 0.29) is 11.8 Å². The van der Waals surface area contributed by atoms with Gasteiger partial charge in [0.25, 0.3) is 0 Å². The van der Waals surface area contributed by atoms with E-state index in [1.54, 1.807) is 60.5 Å². The van der Waals surface area contributed by atoms with Crippen molar-refractivity contribution in [1.82, 2.24) is 14.8 Å². The minimum absolute atomic E-state index is 0.0424. The highest BCUT2D eigenvalue weighted by atomic mass is 16.5. The van der Waals surface area contributed by atoms with Crippen molar-refractivity contribution in [3.8, 4) is 5.88 Å². The smallest absolute Gasteiger partial charge is 0.337 e. The number of carbonyl (C=O) groups is 3. The third kappa shape index (κ3) is 8.58. The first-order valence-electron chi connectivity index (χ1n) is 15.8. The van der Waals surface area contributed by atoms with E-state index in [0.717, 1.165) is 42.8 Å². The van der Waals surface area contributed by atoms with Crippen molar-refractivity contribution < 1.29 is 29.3 Å². The van der Waals surface area contributed by atoms with E-state index < -0.39 is 11.9 Å². The summed E-state index contributed by atoms with van der Waals surface area (Å²) in [5.41, 5.74) is 4.67. The molecule has 1 aliphatic rings. The number of amides is 1. The first-order chi connectivity index (χ1) is 23.6. The van der Waals surface area contributed by atoms with Gasteiger partial charge in [0, 0.05) is 55.4 Å². The van der Waals surface area contributed by atoms with Crippen molar-refractivity contribution in [2.24, 2.45) is 4.99 Å². The maximum atomic E-state index is 12.9. The molecular formula is C38H39N5O6. The lowest BCUT2D eigenvalue weighted by Crippen LogP contribution is -2.48. The second kappa shape index (κ2) is 15.9. The molecule has 1 saturated heterocycles. The number of nitrogens with zero attached hydrogens (tertiary/aromatic N) is 4. The van der Waals surface area contributed by atoms with Gasteiger partial charge >= 0.3 is 11.9 Å². The summed E-state index contributed by atoms with van der Waals surface area (Å²) in [4.78, 5) is 49.2.